The van der Waals surface area contributed by atoms with E-state index in [0.717, 1.165) is 37.6 Å². The van der Waals surface area contributed by atoms with E-state index in [1.165, 1.54) is 0 Å². The van der Waals surface area contributed by atoms with Gasteiger partial charge in [0, 0.05) is 50.9 Å². The molecular formula is C17H25N3O2. The molecule has 0 atom stereocenters. The third-order valence-electron chi connectivity index (χ3n) is 3.83. The van der Waals surface area contributed by atoms with Crippen LogP contribution in [0.3, 0.4) is 0 Å². The first kappa shape index (κ1) is 16.3. The first-order valence-corrected chi connectivity index (χ1v) is 7.86. The number of nitrogens with one attached hydrogen (secondary N) is 1. The van der Waals surface area contributed by atoms with Gasteiger partial charge in [-0.3, -0.25) is 9.59 Å². The number of rotatable bonds is 4. The van der Waals surface area contributed by atoms with Crippen molar-refractivity contribution >= 4 is 23.2 Å². The second-order valence-electron chi connectivity index (χ2n) is 6.19. The Bertz CT molecular complexity index is 517. The molecule has 0 bridgehead atoms. The summed E-state index contributed by atoms with van der Waals surface area (Å²) in [6.07, 6.45) is 0.536. The summed E-state index contributed by atoms with van der Waals surface area (Å²) >= 11 is 0. The topological polar surface area (TPSA) is 52.7 Å². The summed E-state index contributed by atoms with van der Waals surface area (Å²) in [4.78, 5) is 27.2. The van der Waals surface area contributed by atoms with Crippen LogP contribution < -0.4 is 10.2 Å². The van der Waals surface area contributed by atoms with Gasteiger partial charge in [-0.15, -0.1) is 0 Å². The fraction of sp³-hybridized carbons (Fsp3) is 0.529. The van der Waals surface area contributed by atoms with E-state index < -0.39 is 0 Å². The highest BCUT2D eigenvalue weighted by Crippen LogP contribution is 2.20. The number of amides is 2. The molecule has 5 nitrogen and oxygen atoms in total. The standard InChI is InChI=1S/C17H25N3O2/c1-13(2)12-17(22)18-15-4-6-16(7-5-15)20-10-8-19(9-11-20)14(3)21/h4-7,13H,8-12H2,1-3H3,(H,18,22). The van der Waals surface area contributed by atoms with Crippen LogP contribution in [0, 0.1) is 5.92 Å². The Labute approximate surface area is 132 Å². The van der Waals surface area contributed by atoms with Crippen molar-refractivity contribution in [1.29, 1.82) is 0 Å². The quantitative estimate of drug-likeness (QED) is 0.929. The van der Waals surface area contributed by atoms with Crippen LogP contribution >= 0.6 is 0 Å². The number of carbonyl (C=O) groups is 2. The molecule has 120 valence electrons. The molecule has 0 saturated carbocycles. The molecule has 1 aliphatic rings. The smallest absolute Gasteiger partial charge is 0.224 e. The molecule has 1 heterocycles. The molecule has 1 aromatic rings. The van der Waals surface area contributed by atoms with Crippen molar-refractivity contribution in [3.8, 4) is 0 Å². The summed E-state index contributed by atoms with van der Waals surface area (Å²) in [6.45, 7) is 8.90. The van der Waals surface area contributed by atoms with Crippen molar-refractivity contribution < 1.29 is 9.59 Å². The average molecular weight is 303 g/mol. The third-order valence-corrected chi connectivity index (χ3v) is 3.83. The second-order valence-corrected chi connectivity index (χ2v) is 6.19. The predicted molar refractivity (Wildman–Crippen MR) is 89.0 cm³/mol. The molecule has 0 unspecified atom stereocenters. The minimum Gasteiger partial charge on any atom is -0.368 e. The predicted octanol–water partition coefficient (Wildman–Crippen LogP) is 2.34. The van der Waals surface area contributed by atoms with Gasteiger partial charge in [-0.1, -0.05) is 13.8 Å². The van der Waals surface area contributed by atoms with Crippen molar-refractivity contribution in [2.45, 2.75) is 27.2 Å². The Morgan fingerprint density at radius 1 is 1.09 bits per heavy atom. The fourth-order valence-electron chi connectivity index (χ4n) is 2.62. The first-order chi connectivity index (χ1) is 10.5. The summed E-state index contributed by atoms with van der Waals surface area (Å²) < 4.78 is 0. The SMILES string of the molecule is CC(=O)N1CCN(c2ccc(NC(=O)CC(C)C)cc2)CC1. The van der Waals surface area contributed by atoms with E-state index in [4.69, 9.17) is 0 Å². The van der Waals surface area contributed by atoms with E-state index in [2.05, 4.69) is 10.2 Å². The van der Waals surface area contributed by atoms with Crippen LogP contribution in [0.5, 0.6) is 0 Å². The third kappa shape index (κ3) is 4.48. The Kier molecular flexibility index (Phi) is 5.41. The van der Waals surface area contributed by atoms with Gasteiger partial charge in [0.2, 0.25) is 11.8 Å². The van der Waals surface area contributed by atoms with Crippen molar-refractivity contribution in [2.75, 3.05) is 36.4 Å². The van der Waals surface area contributed by atoms with Crippen LogP contribution in [-0.2, 0) is 9.59 Å². The van der Waals surface area contributed by atoms with E-state index >= 15 is 0 Å². The van der Waals surface area contributed by atoms with Crippen LogP contribution in [0.2, 0.25) is 0 Å². The molecule has 0 spiro atoms. The van der Waals surface area contributed by atoms with Crippen LogP contribution in [0.25, 0.3) is 0 Å². The monoisotopic (exact) mass is 303 g/mol. The lowest BCUT2D eigenvalue weighted by Crippen LogP contribution is -2.48. The minimum atomic E-state index is 0.0535. The molecule has 5 heteroatoms. The van der Waals surface area contributed by atoms with Crippen molar-refractivity contribution in [1.82, 2.24) is 4.90 Å². The minimum absolute atomic E-state index is 0.0535. The number of piperazine rings is 1. The summed E-state index contributed by atoms with van der Waals surface area (Å²) in [5, 5.41) is 2.92. The Morgan fingerprint density at radius 2 is 1.68 bits per heavy atom. The van der Waals surface area contributed by atoms with Gasteiger partial charge in [0.15, 0.2) is 0 Å². The highest BCUT2D eigenvalue weighted by molar-refractivity contribution is 5.91. The van der Waals surface area contributed by atoms with Crippen molar-refractivity contribution in [3.63, 3.8) is 0 Å². The molecule has 2 rings (SSSR count). The maximum atomic E-state index is 11.8. The zero-order valence-electron chi connectivity index (χ0n) is 13.6. The largest absolute Gasteiger partial charge is 0.368 e. The fourth-order valence-corrected chi connectivity index (χ4v) is 2.62. The lowest BCUT2D eigenvalue weighted by molar-refractivity contribution is -0.129. The van der Waals surface area contributed by atoms with E-state index in [0.29, 0.717) is 12.3 Å². The van der Waals surface area contributed by atoms with Gasteiger partial charge in [-0.2, -0.15) is 0 Å². The van der Waals surface area contributed by atoms with Gasteiger partial charge in [0.1, 0.15) is 0 Å². The highest BCUT2D eigenvalue weighted by atomic mass is 16.2. The molecule has 22 heavy (non-hydrogen) atoms. The van der Waals surface area contributed by atoms with E-state index in [-0.39, 0.29) is 11.8 Å². The molecule has 0 radical (unpaired) electrons. The molecule has 2 amide bonds. The molecule has 1 saturated heterocycles. The van der Waals surface area contributed by atoms with Crippen LogP contribution in [0.4, 0.5) is 11.4 Å². The molecular weight excluding hydrogens is 278 g/mol. The number of hydrogen-bond donors (Lipinski definition) is 1. The summed E-state index contributed by atoms with van der Waals surface area (Å²) in [7, 11) is 0. The number of hydrogen-bond acceptors (Lipinski definition) is 3. The highest BCUT2D eigenvalue weighted by Gasteiger charge is 2.18. The normalized spacial score (nSPS) is 15.1. The van der Waals surface area contributed by atoms with Crippen molar-refractivity contribution in [3.05, 3.63) is 24.3 Å². The molecule has 0 aromatic heterocycles. The number of benzene rings is 1. The van der Waals surface area contributed by atoms with Crippen LogP contribution in [-0.4, -0.2) is 42.9 Å². The number of anilines is 2. The van der Waals surface area contributed by atoms with Gasteiger partial charge in [-0.05, 0) is 30.2 Å². The molecule has 1 fully saturated rings. The van der Waals surface area contributed by atoms with Crippen molar-refractivity contribution in [2.24, 2.45) is 5.92 Å². The first-order valence-electron chi connectivity index (χ1n) is 7.86. The van der Waals surface area contributed by atoms with Crippen LogP contribution in [0.15, 0.2) is 24.3 Å². The number of nitrogens with zero attached hydrogens (tertiary/aromatic N) is 2. The van der Waals surface area contributed by atoms with Gasteiger partial charge >= 0.3 is 0 Å². The van der Waals surface area contributed by atoms with Crippen LogP contribution in [0.1, 0.15) is 27.2 Å². The number of carbonyl (C=O) groups excluding carboxylic acids is 2. The maximum absolute atomic E-state index is 11.8. The van der Waals surface area contributed by atoms with Gasteiger partial charge in [0.05, 0.1) is 0 Å². The average Bonchev–Trinajstić information content (AvgIpc) is 2.47. The second kappa shape index (κ2) is 7.29. The summed E-state index contributed by atoms with van der Waals surface area (Å²) in [6, 6.07) is 7.92. The van der Waals surface area contributed by atoms with E-state index in [1.807, 2.05) is 43.0 Å². The Hall–Kier alpha value is -2.04. The van der Waals surface area contributed by atoms with E-state index in [1.54, 1.807) is 6.92 Å². The lowest BCUT2D eigenvalue weighted by Gasteiger charge is -2.35. The zero-order chi connectivity index (χ0) is 16.1. The van der Waals surface area contributed by atoms with Gasteiger partial charge in [0.25, 0.3) is 0 Å². The zero-order valence-corrected chi connectivity index (χ0v) is 13.6. The molecule has 1 aromatic carbocycles. The maximum Gasteiger partial charge on any atom is 0.224 e. The lowest BCUT2D eigenvalue weighted by atomic mass is 10.1. The summed E-state index contributed by atoms with van der Waals surface area (Å²) in [5.74, 6) is 0.553. The summed E-state index contributed by atoms with van der Waals surface area (Å²) in [5.41, 5.74) is 1.96. The molecule has 0 aliphatic carbocycles. The van der Waals surface area contributed by atoms with Gasteiger partial charge < -0.3 is 15.1 Å². The Morgan fingerprint density at radius 3 is 2.18 bits per heavy atom. The van der Waals surface area contributed by atoms with E-state index in [9.17, 15) is 9.59 Å². The van der Waals surface area contributed by atoms with Gasteiger partial charge in [-0.25, -0.2) is 0 Å². The Balaban J connectivity index is 1.90. The molecule has 1 N–H and O–H groups in total. The molecule has 1 aliphatic heterocycles.